The van der Waals surface area contributed by atoms with E-state index in [0.717, 1.165) is 5.69 Å². The van der Waals surface area contributed by atoms with Crippen molar-refractivity contribution >= 4 is 5.95 Å². The lowest BCUT2D eigenvalue weighted by molar-refractivity contribution is 0.126. The molecule has 0 aromatic carbocycles. The molecule has 0 saturated heterocycles. The quantitative estimate of drug-likeness (QED) is 0.793. The number of aryl methyl sites for hydroxylation is 1. The number of nitrogens with one attached hydrogen (secondary N) is 1. The van der Waals surface area contributed by atoms with Crippen LogP contribution in [0.5, 0.6) is 5.88 Å². The van der Waals surface area contributed by atoms with Crippen molar-refractivity contribution in [1.82, 2.24) is 9.97 Å². The van der Waals surface area contributed by atoms with E-state index in [4.69, 9.17) is 9.47 Å². The third-order valence-corrected chi connectivity index (χ3v) is 2.81. The van der Waals surface area contributed by atoms with E-state index in [0.29, 0.717) is 31.0 Å². The summed E-state index contributed by atoms with van der Waals surface area (Å²) < 4.78 is 11.1. The van der Waals surface area contributed by atoms with Gasteiger partial charge in [-0.3, -0.25) is 0 Å². The Balaban J connectivity index is 2.80. The van der Waals surface area contributed by atoms with Gasteiger partial charge in [-0.1, -0.05) is 13.8 Å². The Morgan fingerprint density at radius 2 is 1.90 bits per heavy atom. The van der Waals surface area contributed by atoms with Crippen molar-refractivity contribution in [2.24, 2.45) is 5.92 Å². The summed E-state index contributed by atoms with van der Waals surface area (Å²) in [5.74, 6) is 1.63. The molecule has 5 heteroatoms. The van der Waals surface area contributed by atoms with E-state index in [-0.39, 0.29) is 12.1 Å². The van der Waals surface area contributed by atoms with E-state index in [1.807, 2.05) is 33.8 Å². The van der Waals surface area contributed by atoms with Gasteiger partial charge in [0.05, 0.1) is 18.8 Å². The van der Waals surface area contributed by atoms with Crippen molar-refractivity contribution in [1.29, 1.82) is 0 Å². The number of aromatic nitrogens is 2. The van der Waals surface area contributed by atoms with Gasteiger partial charge >= 0.3 is 0 Å². The van der Waals surface area contributed by atoms with Crippen molar-refractivity contribution in [3.05, 3.63) is 11.8 Å². The third-order valence-electron chi connectivity index (χ3n) is 2.81. The van der Waals surface area contributed by atoms with E-state index in [2.05, 4.69) is 29.1 Å². The average Bonchev–Trinajstić information content (AvgIpc) is 2.32. The molecule has 1 unspecified atom stereocenters. The number of nitrogens with zero attached hydrogens (tertiary/aromatic N) is 2. The summed E-state index contributed by atoms with van der Waals surface area (Å²) in [7, 11) is 0. The molecule has 1 N–H and O–H groups in total. The monoisotopic (exact) mass is 281 g/mol. The molecule has 20 heavy (non-hydrogen) atoms. The maximum Gasteiger partial charge on any atom is 0.226 e. The zero-order valence-corrected chi connectivity index (χ0v) is 13.4. The second-order valence-electron chi connectivity index (χ2n) is 5.49. The predicted octanol–water partition coefficient (Wildman–Crippen LogP) is 3.05. The van der Waals surface area contributed by atoms with E-state index in [1.165, 1.54) is 0 Å². The van der Waals surface area contributed by atoms with Crippen LogP contribution < -0.4 is 10.1 Å². The third kappa shape index (κ3) is 5.74. The molecule has 5 nitrogen and oxygen atoms in total. The van der Waals surface area contributed by atoms with Crippen LogP contribution in [0, 0.1) is 12.8 Å². The van der Waals surface area contributed by atoms with Crippen molar-refractivity contribution < 1.29 is 9.47 Å². The highest BCUT2D eigenvalue weighted by atomic mass is 16.5. The summed E-state index contributed by atoms with van der Waals surface area (Å²) in [4.78, 5) is 8.82. The number of hydrogen-bond donors (Lipinski definition) is 1. The summed E-state index contributed by atoms with van der Waals surface area (Å²) in [6.45, 7) is 13.6. The van der Waals surface area contributed by atoms with Crippen molar-refractivity contribution in [3.63, 3.8) is 0 Å². The predicted molar refractivity (Wildman–Crippen MR) is 81.3 cm³/mol. The van der Waals surface area contributed by atoms with E-state index < -0.39 is 0 Å². The first-order chi connectivity index (χ1) is 9.42. The first kappa shape index (κ1) is 16.7. The number of rotatable bonds is 8. The topological polar surface area (TPSA) is 56.3 Å². The van der Waals surface area contributed by atoms with Gasteiger partial charge in [-0.15, -0.1) is 0 Å². The van der Waals surface area contributed by atoms with Crippen LogP contribution in [-0.2, 0) is 4.74 Å². The Morgan fingerprint density at radius 3 is 2.45 bits per heavy atom. The van der Waals surface area contributed by atoms with Crippen LogP contribution in [0.4, 0.5) is 5.95 Å². The molecule has 114 valence electrons. The van der Waals surface area contributed by atoms with Crippen LogP contribution in [-0.4, -0.2) is 35.3 Å². The molecule has 0 spiro atoms. The van der Waals surface area contributed by atoms with Gasteiger partial charge in [0.15, 0.2) is 0 Å². The van der Waals surface area contributed by atoms with Crippen LogP contribution in [0.1, 0.15) is 40.3 Å². The first-order valence-electron chi connectivity index (χ1n) is 7.29. The molecule has 1 rings (SSSR count). The van der Waals surface area contributed by atoms with Crippen molar-refractivity contribution in [2.45, 2.75) is 53.7 Å². The first-order valence-corrected chi connectivity index (χ1v) is 7.29. The molecular formula is C15H27N3O2. The minimum atomic E-state index is 0.0986. The average molecular weight is 281 g/mol. The summed E-state index contributed by atoms with van der Waals surface area (Å²) in [5, 5.41) is 3.34. The van der Waals surface area contributed by atoms with Crippen molar-refractivity contribution in [2.75, 3.05) is 18.5 Å². The normalized spacial score (nSPS) is 12.8. The fraction of sp³-hybridized carbons (Fsp3) is 0.733. The molecule has 0 aliphatic heterocycles. The Kier molecular flexibility index (Phi) is 6.71. The van der Waals surface area contributed by atoms with Gasteiger partial charge in [0.2, 0.25) is 11.8 Å². The Hall–Kier alpha value is -1.36. The number of anilines is 1. The lowest BCUT2D eigenvalue weighted by Gasteiger charge is -2.22. The smallest absolute Gasteiger partial charge is 0.226 e. The molecule has 0 fully saturated rings. The molecule has 1 atom stereocenters. The highest BCUT2D eigenvalue weighted by Gasteiger charge is 2.15. The van der Waals surface area contributed by atoms with Gasteiger partial charge < -0.3 is 14.8 Å². The fourth-order valence-electron chi connectivity index (χ4n) is 1.72. The molecule has 1 aromatic heterocycles. The van der Waals surface area contributed by atoms with Crippen molar-refractivity contribution in [3.8, 4) is 5.88 Å². The largest absolute Gasteiger partial charge is 0.475 e. The standard InChI is InChI=1S/C15H27N3O2/c1-7-19-9-13(10(2)3)17-15-16-12(6)8-14(18-15)20-11(4)5/h8,10-11,13H,7,9H2,1-6H3,(H,16,17,18). The second kappa shape index (κ2) is 8.04. The van der Waals surface area contributed by atoms with Gasteiger partial charge in [-0.05, 0) is 33.6 Å². The molecule has 1 heterocycles. The minimum absolute atomic E-state index is 0.0986. The summed E-state index contributed by atoms with van der Waals surface area (Å²) in [6.07, 6.45) is 0.0986. The van der Waals surface area contributed by atoms with Crippen LogP contribution in [0.2, 0.25) is 0 Å². The van der Waals surface area contributed by atoms with Gasteiger partial charge in [-0.2, -0.15) is 4.98 Å². The van der Waals surface area contributed by atoms with Crippen LogP contribution >= 0.6 is 0 Å². The lowest BCUT2D eigenvalue weighted by Crippen LogP contribution is -2.32. The van der Waals surface area contributed by atoms with Gasteiger partial charge in [0.1, 0.15) is 0 Å². The van der Waals surface area contributed by atoms with Gasteiger partial charge in [-0.25, -0.2) is 4.98 Å². The maximum absolute atomic E-state index is 5.64. The molecule has 0 saturated carbocycles. The zero-order valence-electron chi connectivity index (χ0n) is 13.4. The van der Waals surface area contributed by atoms with Crippen LogP contribution in [0.3, 0.4) is 0 Å². The molecule has 0 aliphatic rings. The highest BCUT2D eigenvalue weighted by Crippen LogP contribution is 2.16. The Bertz CT molecular complexity index is 408. The van der Waals surface area contributed by atoms with Gasteiger partial charge in [0, 0.05) is 18.4 Å². The zero-order chi connectivity index (χ0) is 15.1. The van der Waals surface area contributed by atoms with Crippen LogP contribution in [0.15, 0.2) is 6.07 Å². The van der Waals surface area contributed by atoms with E-state index in [1.54, 1.807) is 0 Å². The van der Waals surface area contributed by atoms with Gasteiger partial charge in [0.25, 0.3) is 0 Å². The molecule has 0 aliphatic carbocycles. The summed E-state index contributed by atoms with van der Waals surface area (Å²) >= 11 is 0. The van der Waals surface area contributed by atoms with E-state index in [9.17, 15) is 0 Å². The molecule has 0 bridgehead atoms. The Morgan fingerprint density at radius 1 is 1.20 bits per heavy atom. The summed E-state index contributed by atoms with van der Waals surface area (Å²) in [6, 6.07) is 2.03. The number of hydrogen-bond acceptors (Lipinski definition) is 5. The molecular weight excluding hydrogens is 254 g/mol. The SMILES string of the molecule is CCOCC(Nc1nc(C)cc(OC(C)C)n1)C(C)C. The fourth-order valence-corrected chi connectivity index (χ4v) is 1.72. The summed E-state index contributed by atoms with van der Waals surface area (Å²) in [5.41, 5.74) is 0.886. The maximum atomic E-state index is 5.64. The van der Waals surface area contributed by atoms with Crippen LogP contribution in [0.25, 0.3) is 0 Å². The molecule has 0 radical (unpaired) electrons. The second-order valence-corrected chi connectivity index (χ2v) is 5.49. The number of ether oxygens (including phenoxy) is 2. The minimum Gasteiger partial charge on any atom is -0.475 e. The van der Waals surface area contributed by atoms with E-state index >= 15 is 0 Å². The highest BCUT2D eigenvalue weighted by molar-refractivity contribution is 5.32. The molecule has 0 amide bonds. The molecule has 1 aromatic rings. The lowest BCUT2D eigenvalue weighted by atomic mass is 10.1. The Labute approximate surface area is 122 Å².